The van der Waals surface area contributed by atoms with Crippen molar-refractivity contribution in [2.45, 2.75) is 27.2 Å². The molecule has 2 rings (SSSR count). The van der Waals surface area contributed by atoms with E-state index in [1.54, 1.807) is 0 Å². The average Bonchev–Trinajstić information content (AvgIpc) is 2.61. The number of rotatable bonds is 3. The van der Waals surface area contributed by atoms with Crippen LogP contribution < -0.4 is 5.73 Å². The molecule has 0 aliphatic carbocycles. The second kappa shape index (κ2) is 4.94. The summed E-state index contributed by atoms with van der Waals surface area (Å²) in [5.41, 5.74) is 11.7. The summed E-state index contributed by atoms with van der Waals surface area (Å²) in [6.07, 6.45) is 0.838. The number of aromatic nitrogens is 2. The van der Waals surface area contributed by atoms with E-state index in [1.165, 1.54) is 22.4 Å². The zero-order valence-electron chi connectivity index (χ0n) is 11.6. The van der Waals surface area contributed by atoms with E-state index in [0.717, 1.165) is 17.9 Å². The highest BCUT2D eigenvalue weighted by Gasteiger charge is 2.13. The first-order valence-corrected chi connectivity index (χ1v) is 6.34. The second-order valence-corrected chi connectivity index (χ2v) is 4.88. The molecule has 0 amide bonds. The van der Waals surface area contributed by atoms with Crippen LogP contribution in [0.3, 0.4) is 0 Å². The summed E-state index contributed by atoms with van der Waals surface area (Å²) in [4.78, 5) is 4.75. The lowest BCUT2D eigenvalue weighted by molar-refractivity contribution is 0.865. The van der Waals surface area contributed by atoms with E-state index >= 15 is 0 Å². The third-order valence-electron chi connectivity index (χ3n) is 3.49. The number of hydrogen-bond acceptors (Lipinski definition) is 2. The number of benzene rings is 1. The van der Waals surface area contributed by atoms with Crippen molar-refractivity contribution in [3.63, 3.8) is 0 Å². The zero-order valence-corrected chi connectivity index (χ0v) is 11.6. The van der Waals surface area contributed by atoms with E-state index in [0.29, 0.717) is 6.54 Å². The Kier molecular flexibility index (Phi) is 3.53. The lowest BCUT2D eigenvalue weighted by Gasteiger charge is -2.07. The van der Waals surface area contributed by atoms with Gasteiger partial charge in [-0.15, -0.1) is 0 Å². The van der Waals surface area contributed by atoms with Gasteiger partial charge < -0.3 is 10.3 Å². The maximum absolute atomic E-state index is 5.63. The Labute approximate surface area is 109 Å². The molecule has 0 bridgehead atoms. The summed E-state index contributed by atoms with van der Waals surface area (Å²) < 4.78 is 2.16. The summed E-state index contributed by atoms with van der Waals surface area (Å²) in [7, 11) is 2.07. The molecule has 96 valence electrons. The number of aryl methyl sites for hydroxylation is 2. The molecular weight excluding hydrogens is 222 g/mol. The number of nitrogens with two attached hydrogens (primary N) is 1. The average molecular weight is 243 g/mol. The maximum Gasteiger partial charge on any atom is 0.140 e. The monoisotopic (exact) mass is 243 g/mol. The van der Waals surface area contributed by atoms with Crippen molar-refractivity contribution in [2.75, 3.05) is 6.54 Å². The fraction of sp³-hybridized carbons (Fsp3) is 0.400. The molecule has 0 saturated carbocycles. The third kappa shape index (κ3) is 2.18. The smallest absolute Gasteiger partial charge is 0.140 e. The highest BCUT2D eigenvalue weighted by Crippen LogP contribution is 2.25. The Bertz CT molecular complexity index is 567. The van der Waals surface area contributed by atoms with E-state index in [9.17, 15) is 0 Å². The summed E-state index contributed by atoms with van der Waals surface area (Å²) in [6.45, 7) is 6.98. The fourth-order valence-electron chi connectivity index (χ4n) is 2.23. The third-order valence-corrected chi connectivity index (χ3v) is 3.49. The van der Waals surface area contributed by atoms with Gasteiger partial charge >= 0.3 is 0 Å². The van der Waals surface area contributed by atoms with Crippen LogP contribution in [0.4, 0.5) is 0 Å². The largest absolute Gasteiger partial charge is 0.331 e. The van der Waals surface area contributed by atoms with Crippen molar-refractivity contribution in [3.8, 4) is 11.4 Å². The summed E-state index contributed by atoms with van der Waals surface area (Å²) in [6, 6.07) is 6.48. The maximum atomic E-state index is 5.63. The van der Waals surface area contributed by atoms with Crippen LogP contribution in [0.25, 0.3) is 11.4 Å². The van der Waals surface area contributed by atoms with Crippen LogP contribution in [0.2, 0.25) is 0 Å². The number of imidazole rings is 1. The predicted molar refractivity (Wildman–Crippen MR) is 75.6 cm³/mol. The van der Waals surface area contributed by atoms with Crippen molar-refractivity contribution >= 4 is 0 Å². The van der Waals surface area contributed by atoms with Gasteiger partial charge in [-0.1, -0.05) is 17.7 Å². The van der Waals surface area contributed by atoms with E-state index in [-0.39, 0.29) is 0 Å². The van der Waals surface area contributed by atoms with Gasteiger partial charge in [0.25, 0.3) is 0 Å². The van der Waals surface area contributed by atoms with Crippen LogP contribution in [-0.4, -0.2) is 16.1 Å². The molecule has 0 saturated heterocycles. The van der Waals surface area contributed by atoms with Gasteiger partial charge in [0, 0.05) is 24.7 Å². The van der Waals surface area contributed by atoms with E-state index in [1.807, 2.05) is 0 Å². The lowest BCUT2D eigenvalue weighted by atomic mass is 10.1. The van der Waals surface area contributed by atoms with Crippen molar-refractivity contribution in [3.05, 3.63) is 40.7 Å². The highest BCUT2D eigenvalue weighted by atomic mass is 15.1. The van der Waals surface area contributed by atoms with Crippen LogP contribution in [0.1, 0.15) is 22.5 Å². The van der Waals surface area contributed by atoms with Gasteiger partial charge in [0.15, 0.2) is 0 Å². The Balaban J connectivity index is 2.57. The van der Waals surface area contributed by atoms with Crippen LogP contribution in [-0.2, 0) is 13.5 Å². The molecule has 0 spiro atoms. The van der Waals surface area contributed by atoms with Crippen molar-refractivity contribution in [2.24, 2.45) is 12.8 Å². The van der Waals surface area contributed by atoms with Crippen molar-refractivity contribution in [1.82, 2.24) is 9.55 Å². The molecule has 0 aliphatic rings. The molecule has 3 nitrogen and oxygen atoms in total. The van der Waals surface area contributed by atoms with E-state index in [2.05, 4.69) is 50.6 Å². The quantitative estimate of drug-likeness (QED) is 0.900. The van der Waals surface area contributed by atoms with Crippen molar-refractivity contribution in [1.29, 1.82) is 0 Å². The van der Waals surface area contributed by atoms with Gasteiger partial charge in [-0.25, -0.2) is 4.98 Å². The Morgan fingerprint density at radius 1 is 1.22 bits per heavy atom. The summed E-state index contributed by atoms with van der Waals surface area (Å²) in [5.74, 6) is 1.04. The molecule has 1 aromatic carbocycles. The normalized spacial score (nSPS) is 10.9. The minimum Gasteiger partial charge on any atom is -0.331 e. The molecule has 0 aliphatic heterocycles. The summed E-state index contributed by atoms with van der Waals surface area (Å²) in [5, 5.41) is 0. The molecule has 0 atom stereocenters. The molecule has 1 heterocycles. The predicted octanol–water partition coefficient (Wildman–Crippen LogP) is 2.51. The number of hydrogen-bond donors (Lipinski definition) is 1. The molecule has 18 heavy (non-hydrogen) atoms. The van der Waals surface area contributed by atoms with E-state index in [4.69, 9.17) is 10.7 Å². The minimum atomic E-state index is 0.643. The van der Waals surface area contributed by atoms with Gasteiger partial charge in [-0.2, -0.15) is 0 Å². The standard InChI is InChI=1S/C15H21N3/c1-10-5-6-11(2)13(9-10)15-17-14(7-8-16)12(3)18(15)4/h5-6,9H,7-8,16H2,1-4H3. The zero-order chi connectivity index (χ0) is 13.3. The number of nitrogens with zero attached hydrogens (tertiary/aromatic N) is 2. The van der Waals surface area contributed by atoms with Gasteiger partial charge in [-0.05, 0) is 38.9 Å². The minimum absolute atomic E-state index is 0.643. The molecule has 0 fully saturated rings. The topological polar surface area (TPSA) is 43.8 Å². The van der Waals surface area contributed by atoms with Crippen molar-refractivity contribution < 1.29 is 0 Å². The molecule has 2 aromatic rings. The van der Waals surface area contributed by atoms with Gasteiger partial charge in [-0.3, -0.25) is 0 Å². The van der Waals surface area contributed by atoms with Gasteiger partial charge in [0.1, 0.15) is 5.82 Å². The molecule has 3 heteroatoms. The Morgan fingerprint density at radius 2 is 1.94 bits per heavy atom. The molecule has 0 unspecified atom stereocenters. The van der Waals surface area contributed by atoms with Crippen LogP contribution in [0.15, 0.2) is 18.2 Å². The first-order chi connectivity index (χ1) is 8.54. The SMILES string of the molecule is Cc1ccc(C)c(-c2nc(CCN)c(C)n2C)c1. The fourth-order valence-corrected chi connectivity index (χ4v) is 2.23. The van der Waals surface area contributed by atoms with E-state index < -0.39 is 0 Å². The second-order valence-electron chi connectivity index (χ2n) is 4.88. The van der Waals surface area contributed by atoms with Gasteiger partial charge in [0.2, 0.25) is 0 Å². The van der Waals surface area contributed by atoms with Crippen LogP contribution in [0, 0.1) is 20.8 Å². The van der Waals surface area contributed by atoms with Gasteiger partial charge in [0.05, 0.1) is 5.69 Å². The van der Waals surface area contributed by atoms with Crippen LogP contribution in [0.5, 0.6) is 0 Å². The highest BCUT2D eigenvalue weighted by molar-refractivity contribution is 5.62. The first-order valence-electron chi connectivity index (χ1n) is 6.34. The Hall–Kier alpha value is -1.61. The first kappa shape index (κ1) is 12.8. The molecular formula is C15H21N3. The molecule has 1 aromatic heterocycles. The summed E-state index contributed by atoms with van der Waals surface area (Å²) >= 11 is 0. The molecule has 0 radical (unpaired) electrons. The van der Waals surface area contributed by atoms with Crippen LogP contribution >= 0.6 is 0 Å². The lowest BCUT2D eigenvalue weighted by Crippen LogP contribution is -2.04. The molecule has 2 N–H and O–H groups in total. The Morgan fingerprint density at radius 3 is 2.61 bits per heavy atom.